The van der Waals surface area contributed by atoms with Gasteiger partial charge in [0.15, 0.2) is 0 Å². The minimum atomic E-state index is -0.0312. The number of carbonyl (C=O) groups excluding carboxylic acids is 1. The fourth-order valence-electron chi connectivity index (χ4n) is 1.33. The minimum absolute atomic E-state index is 0.0312. The molecule has 0 radical (unpaired) electrons. The molecule has 92 valence electrons. The Morgan fingerprint density at radius 1 is 1.00 bits per heavy atom. The van der Waals surface area contributed by atoms with Gasteiger partial charge in [-0.1, -0.05) is 24.3 Å². The normalized spacial score (nSPS) is 15.8. The van der Waals surface area contributed by atoms with Gasteiger partial charge in [-0.25, -0.2) is 0 Å². The highest BCUT2D eigenvalue weighted by Crippen LogP contribution is 2.12. The molecule has 0 aromatic rings. The van der Waals surface area contributed by atoms with Crippen molar-refractivity contribution in [3.05, 3.63) is 24.3 Å². The highest BCUT2D eigenvalue weighted by molar-refractivity contribution is 6.22. The van der Waals surface area contributed by atoms with Crippen molar-refractivity contribution in [1.29, 1.82) is 0 Å². The number of hydrogen-bond acceptors (Lipinski definition) is 1. The Morgan fingerprint density at radius 2 is 1.38 bits per heavy atom. The highest BCUT2D eigenvalue weighted by atomic mass is 35.5. The molecule has 0 saturated heterocycles. The van der Waals surface area contributed by atoms with Gasteiger partial charge in [0, 0.05) is 12.8 Å². The van der Waals surface area contributed by atoms with Gasteiger partial charge < -0.3 is 0 Å². The van der Waals surface area contributed by atoms with E-state index in [2.05, 4.69) is 0 Å². The summed E-state index contributed by atoms with van der Waals surface area (Å²) in [4.78, 5) is 11.5. The Labute approximate surface area is 109 Å². The molecule has 0 N–H and O–H groups in total. The third-order valence-electron chi connectivity index (χ3n) is 2.20. The summed E-state index contributed by atoms with van der Waals surface area (Å²) in [6.45, 7) is 3.85. The summed E-state index contributed by atoms with van der Waals surface area (Å²) in [5.41, 5.74) is 0. The second-order valence-electron chi connectivity index (χ2n) is 3.70. The van der Waals surface area contributed by atoms with E-state index < -0.39 is 0 Å². The highest BCUT2D eigenvalue weighted by Gasteiger charge is 2.08. The van der Waals surface area contributed by atoms with Crippen LogP contribution in [0.15, 0.2) is 24.3 Å². The van der Waals surface area contributed by atoms with Crippen LogP contribution in [-0.2, 0) is 4.79 Å². The summed E-state index contributed by atoms with van der Waals surface area (Å²) in [6.07, 6.45) is 10.1. The molecule has 0 bridgehead atoms. The maximum absolute atomic E-state index is 11.5. The van der Waals surface area contributed by atoms with Crippen molar-refractivity contribution in [1.82, 2.24) is 0 Å². The summed E-state index contributed by atoms with van der Waals surface area (Å²) in [7, 11) is 0. The molecule has 3 heteroatoms. The zero-order chi connectivity index (χ0) is 12.4. The molecule has 0 aliphatic carbocycles. The first-order valence-corrected chi connectivity index (χ1v) is 6.53. The molecule has 1 nitrogen and oxygen atoms in total. The number of alkyl halides is 2. The molecule has 0 rings (SSSR count). The molecule has 0 aromatic heterocycles. The van der Waals surface area contributed by atoms with E-state index in [0.29, 0.717) is 25.7 Å². The standard InChI is InChI=1S/C13H20Cl2O/c1-3-5-11(14)7-9-13(16)10-8-12(15)6-4-2/h3-6,11-12H,7-10H2,1-2H3. The Hall–Kier alpha value is -0.270. The molecule has 0 aliphatic rings. The molecule has 2 atom stereocenters. The van der Waals surface area contributed by atoms with Gasteiger partial charge in [0.25, 0.3) is 0 Å². The van der Waals surface area contributed by atoms with Crippen LogP contribution < -0.4 is 0 Å². The molecule has 0 aromatic carbocycles. The molecule has 2 unspecified atom stereocenters. The van der Waals surface area contributed by atoms with E-state index >= 15 is 0 Å². The van der Waals surface area contributed by atoms with Crippen molar-refractivity contribution >= 4 is 29.0 Å². The zero-order valence-corrected chi connectivity index (χ0v) is 11.5. The van der Waals surface area contributed by atoms with Crippen LogP contribution in [0.1, 0.15) is 39.5 Å². The summed E-state index contributed by atoms with van der Waals surface area (Å²) in [6, 6.07) is 0. The van der Waals surface area contributed by atoms with E-state index in [-0.39, 0.29) is 16.5 Å². The Morgan fingerprint density at radius 3 is 1.69 bits per heavy atom. The van der Waals surface area contributed by atoms with Gasteiger partial charge in [-0.05, 0) is 26.7 Å². The molecule has 0 amide bonds. The third kappa shape index (κ3) is 8.99. The molecular weight excluding hydrogens is 243 g/mol. The first kappa shape index (κ1) is 15.7. The fourth-order valence-corrected chi connectivity index (χ4v) is 1.84. The van der Waals surface area contributed by atoms with Crippen LogP contribution in [0.2, 0.25) is 0 Å². The summed E-state index contributed by atoms with van der Waals surface area (Å²) < 4.78 is 0. The summed E-state index contributed by atoms with van der Waals surface area (Å²) in [5, 5.41) is -0.0624. The first-order chi connectivity index (χ1) is 7.60. The van der Waals surface area contributed by atoms with Crippen molar-refractivity contribution in [2.24, 2.45) is 0 Å². The number of allylic oxidation sites excluding steroid dienone is 4. The maximum atomic E-state index is 11.5. The van der Waals surface area contributed by atoms with Crippen LogP contribution in [0.3, 0.4) is 0 Å². The summed E-state index contributed by atoms with van der Waals surface area (Å²) in [5.74, 6) is 0.241. The lowest BCUT2D eigenvalue weighted by Gasteiger charge is -2.05. The van der Waals surface area contributed by atoms with E-state index in [4.69, 9.17) is 23.2 Å². The van der Waals surface area contributed by atoms with Gasteiger partial charge in [0.05, 0.1) is 10.8 Å². The zero-order valence-electron chi connectivity index (χ0n) is 9.96. The van der Waals surface area contributed by atoms with Crippen LogP contribution in [0.5, 0.6) is 0 Å². The average Bonchev–Trinajstić information content (AvgIpc) is 2.24. The van der Waals surface area contributed by atoms with Crippen molar-refractivity contribution in [3.8, 4) is 0 Å². The van der Waals surface area contributed by atoms with E-state index in [1.165, 1.54) is 0 Å². The number of halogens is 2. The van der Waals surface area contributed by atoms with Crippen LogP contribution in [-0.4, -0.2) is 16.5 Å². The van der Waals surface area contributed by atoms with Gasteiger partial charge in [0.1, 0.15) is 5.78 Å². The molecule has 0 spiro atoms. The maximum Gasteiger partial charge on any atom is 0.133 e. The third-order valence-corrected chi connectivity index (χ3v) is 2.93. The number of rotatable bonds is 8. The fraction of sp³-hybridized carbons (Fsp3) is 0.615. The van der Waals surface area contributed by atoms with Crippen LogP contribution >= 0.6 is 23.2 Å². The van der Waals surface area contributed by atoms with E-state index in [1.54, 1.807) is 0 Å². The molecule has 0 aliphatic heterocycles. The van der Waals surface area contributed by atoms with Crippen molar-refractivity contribution < 1.29 is 4.79 Å². The van der Waals surface area contributed by atoms with Gasteiger partial charge >= 0.3 is 0 Å². The van der Waals surface area contributed by atoms with Crippen LogP contribution in [0.25, 0.3) is 0 Å². The lowest BCUT2D eigenvalue weighted by Crippen LogP contribution is -2.05. The van der Waals surface area contributed by atoms with Gasteiger partial charge in [0.2, 0.25) is 0 Å². The van der Waals surface area contributed by atoms with Crippen LogP contribution in [0.4, 0.5) is 0 Å². The number of ketones is 1. The second-order valence-corrected chi connectivity index (χ2v) is 4.82. The van der Waals surface area contributed by atoms with Crippen LogP contribution in [0, 0.1) is 0 Å². The largest absolute Gasteiger partial charge is 0.300 e. The monoisotopic (exact) mass is 262 g/mol. The lowest BCUT2D eigenvalue weighted by atomic mass is 10.1. The Balaban J connectivity index is 3.66. The predicted octanol–water partition coefficient (Wildman–Crippen LogP) is 4.48. The topological polar surface area (TPSA) is 17.1 Å². The molecule has 16 heavy (non-hydrogen) atoms. The van der Waals surface area contributed by atoms with Gasteiger partial charge in [-0.2, -0.15) is 0 Å². The Kier molecular flexibility index (Phi) is 9.75. The number of Topliss-reactive ketones (excluding diaryl/α,β-unsaturated/α-hetero) is 1. The second kappa shape index (κ2) is 9.92. The lowest BCUT2D eigenvalue weighted by molar-refractivity contribution is -0.119. The number of carbonyl (C=O) groups is 1. The van der Waals surface area contributed by atoms with Gasteiger partial charge in [-0.15, -0.1) is 23.2 Å². The van der Waals surface area contributed by atoms with E-state index in [9.17, 15) is 4.79 Å². The number of hydrogen-bond donors (Lipinski definition) is 0. The van der Waals surface area contributed by atoms with E-state index in [0.717, 1.165) is 0 Å². The molecular formula is C13H20Cl2O. The Bertz CT molecular complexity index is 222. The van der Waals surface area contributed by atoms with Gasteiger partial charge in [-0.3, -0.25) is 4.79 Å². The molecule has 0 heterocycles. The summed E-state index contributed by atoms with van der Waals surface area (Å²) >= 11 is 11.9. The van der Waals surface area contributed by atoms with E-state index in [1.807, 2.05) is 38.2 Å². The smallest absolute Gasteiger partial charge is 0.133 e. The quantitative estimate of drug-likeness (QED) is 0.466. The first-order valence-electron chi connectivity index (χ1n) is 5.65. The average molecular weight is 263 g/mol. The van der Waals surface area contributed by atoms with Crippen molar-refractivity contribution in [2.45, 2.75) is 50.3 Å². The van der Waals surface area contributed by atoms with Crippen molar-refractivity contribution in [2.75, 3.05) is 0 Å². The molecule has 0 fully saturated rings. The van der Waals surface area contributed by atoms with Crippen molar-refractivity contribution in [3.63, 3.8) is 0 Å². The predicted molar refractivity (Wildman–Crippen MR) is 72.4 cm³/mol. The SMILES string of the molecule is CC=CC(Cl)CCC(=O)CCC(Cl)C=CC. The molecule has 0 saturated carbocycles. The minimum Gasteiger partial charge on any atom is -0.300 e.